The van der Waals surface area contributed by atoms with Gasteiger partial charge in [-0.2, -0.15) is 0 Å². The van der Waals surface area contributed by atoms with Gasteiger partial charge in [0.1, 0.15) is 17.4 Å². The number of piperidine rings is 1. The summed E-state index contributed by atoms with van der Waals surface area (Å²) >= 11 is 5.84. The summed E-state index contributed by atoms with van der Waals surface area (Å²) in [6, 6.07) is 9.09. The first-order valence-electron chi connectivity index (χ1n) is 9.44. The molecule has 2 saturated heterocycles. The fourth-order valence-electron chi connectivity index (χ4n) is 4.19. The second-order valence-corrected chi connectivity index (χ2v) is 7.92. The van der Waals surface area contributed by atoms with Gasteiger partial charge in [0.2, 0.25) is 0 Å². The first kappa shape index (κ1) is 19.2. The van der Waals surface area contributed by atoms with E-state index in [1.807, 2.05) is 0 Å². The predicted octanol–water partition coefficient (Wildman–Crippen LogP) is 4.90. The molecular weight excluding hydrogens is 386 g/mol. The number of hydrogen-bond acceptors (Lipinski definition) is 3. The Bertz CT molecular complexity index is 881. The van der Waals surface area contributed by atoms with Crippen LogP contribution in [0.3, 0.4) is 0 Å². The number of fused-ring (bicyclic) bond motifs is 2. The van der Waals surface area contributed by atoms with Gasteiger partial charge in [-0.3, -0.25) is 0 Å². The molecule has 2 unspecified atom stereocenters. The molecule has 0 spiro atoms. The quantitative estimate of drug-likeness (QED) is 0.759. The molecule has 2 heterocycles. The number of nitrogens with one attached hydrogen (secondary N) is 2. The summed E-state index contributed by atoms with van der Waals surface area (Å²) in [6.07, 6.45) is 3.83. The van der Waals surface area contributed by atoms with Crippen LogP contribution in [0, 0.1) is 17.6 Å². The van der Waals surface area contributed by atoms with E-state index in [1.54, 1.807) is 0 Å². The van der Waals surface area contributed by atoms with Gasteiger partial charge in [-0.25, -0.2) is 13.6 Å². The van der Waals surface area contributed by atoms with Crippen LogP contribution < -0.4 is 15.4 Å². The maximum absolute atomic E-state index is 13.7. The molecule has 2 aromatic carbocycles. The number of amides is 1. The summed E-state index contributed by atoms with van der Waals surface area (Å²) in [6.45, 7) is 0.528. The van der Waals surface area contributed by atoms with Crippen molar-refractivity contribution < 1.29 is 18.3 Å². The van der Waals surface area contributed by atoms with Crippen LogP contribution in [-0.4, -0.2) is 24.7 Å². The molecule has 2 fully saturated rings. The molecule has 0 radical (unpaired) electrons. The van der Waals surface area contributed by atoms with Gasteiger partial charge < -0.3 is 15.4 Å². The number of carbonyl (C=O) groups is 1. The monoisotopic (exact) mass is 406 g/mol. The number of halogens is 3. The van der Waals surface area contributed by atoms with Crippen molar-refractivity contribution in [2.45, 2.75) is 37.8 Å². The lowest BCUT2D eigenvalue weighted by Gasteiger charge is -2.29. The molecule has 2 aliphatic heterocycles. The van der Waals surface area contributed by atoms with Gasteiger partial charge in [-0.15, -0.1) is 0 Å². The highest BCUT2D eigenvalue weighted by Crippen LogP contribution is 2.33. The molecular formula is C21H21ClF2N2O2. The fraction of sp³-hybridized carbons (Fsp3) is 0.381. The molecule has 4 nitrogen and oxygen atoms in total. The Morgan fingerprint density at radius 1 is 1.14 bits per heavy atom. The van der Waals surface area contributed by atoms with Gasteiger partial charge in [0.25, 0.3) is 0 Å². The zero-order valence-corrected chi connectivity index (χ0v) is 15.9. The van der Waals surface area contributed by atoms with E-state index >= 15 is 0 Å². The standard InChI is InChI=1S/C21H21ClF2N2O2/c22-18-9-13(1-6-19(18)24)17-5-2-14(23)10-20(17)28-21(27)25-11-12-7-15-3-4-16(8-12)26-15/h1-2,5-6,9-10,12,15-16,26H,3-4,7-8,11H2,(H,25,27). The molecule has 148 valence electrons. The maximum atomic E-state index is 13.7. The average Bonchev–Trinajstić information content (AvgIpc) is 3.01. The van der Waals surface area contributed by atoms with Crippen LogP contribution in [0.2, 0.25) is 5.02 Å². The number of hydrogen-bond donors (Lipinski definition) is 2. The Morgan fingerprint density at radius 3 is 2.61 bits per heavy atom. The topological polar surface area (TPSA) is 50.4 Å². The lowest BCUT2D eigenvalue weighted by Crippen LogP contribution is -2.42. The summed E-state index contributed by atoms with van der Waals surface area (Å²) < 4.78 is 32.5. The molecule has 2 aromatic rings. The van der Waals surface area contributed by atoms with E-state index in [-0.39, 0.29) is 10.8 Å². The Balaban J connectivity index is 1.44. The van der Waals surface area contributed by atoms with Crippen molar-refractivity contribution in [3.8, 4) is 16.9 Å². The van der Waals surface area contributed by atoms with E-state index in [4.69, 9.17) is 16.3 Å². The summed E-state index contributed by atoms with van der Waals surface area (Å²) in [4.78, 5) is 12.3. The van der Waals surface area contributed by atoms with Gasteiger partial charge in [0.15, 0.2) is 0 Å². The van der Waals surface area contributed by atoms with Crippen molar-refractivity contribution in [3.63, 3.8) is 0 Å². The molecule has 7 heteroatoms. The molecule has 2 bridgehead atoms. The second-order valence-electron chi connectivity index (χ2n) is 7.52. The minimum absolute atomic E-state index is 0.0576. The van der Waals surface area contributed by atoms with E-state index < -0.39 is 17.7 Å². The molecule has 28 heavy (non-hydrogen) atoms. The third kappa shape index (κ3) is 4.28. The highest BCUT2D eigenvalue weighted by molar-refractivity contribution is 6.31. The van der Waals surface area contributed by atoms with Crippen molar-refractivity contribution in [2.75, 3.05) is 6.54 Å². The van der Waals surface area contributed by atoms with Gasteiger partial charge >= 0.3 is 6.09 Å². The smallest absolute Gasteiger partial charge is 0.410 e. The first-order chi connectivity index (χ1) is 13.5. The molecule has 2 atom stereocenters. The van der Waals surface area contributed by atoms with Crippen molar-refractivity contribution >= 4 is 17.7 Å². The van der Waals surface area contributed by atoms with Crippen molar-refractivity contribution in [1.82, 2.24) is 10.6 Å². The minimum atomic E-state index is -0.633. The van der Waals surface area contributed by atoms with Crippen LogP contribution in [0.1, 0.15) is 25.7 Å². The lowest BCUT2D eigenvalue weighted by molar-refractivity contribution is 0.194. The van der Waals surface area contributed by atoms with Crippen LogP contribution in [0.5, 0.6) is 5.75 Å². The van der Waals surface area contributed by atoms with E-state index in [9.17, 15) is 13.6 Å². The van der Waals surface area contributed by atoms with Crippen LogP contribution >= 0.6 is 11.6 Å². The highest BCUT2D eigenvalue weighted by Gasteiger charge is 2.33. The van der Waals surface area contributed by atoms with Gasteiger partial charge in [-0.1, -0.05) is 17.7 Å². The van der Waals surface area contributed by atoms with Crippen LogP contribution in [-0.2, 0) is 0 Å². The number of rotatable bonds is 4. The van der Waals surface area contributed by atoms with Crippen molar-refractivity contribution in [1.29, 1.82) is 0 Å². The number of ether oxygens (including phenoxy) is 1. The largest absolute Gasteiger partial charge is 0.412 e. The summed E-state index contributed by atoms with van der Waals surface area (Å²) in [5.74, 6) is -0.613. The van der Waals surface area contributed by atoms with E-state index in [0.717, 1.165) is 18.9 Å². The van der Waals surface area contributed by atoms with Gasteiger partial charge in [0, 0.05) is 30.3 Å². The third-order valence-corrected chi connectivity index (χ3v) is 5.77. The molecule has 0 saturated carbocycles. The van der Waals surface area contributed by atoms with Gasteiger partial charge in [0.05, 0.1) is 5.02 Å². The normalized spacial score (nSPS) is 23.5. The Hall–Kier alpha value is -2.18. The Labute approximate surface area is 167 Å². The second kappa shape index (κ2) is 8.05. The first-order valence-corrected chi connectivity index (χ1v) is 9.82. The molecule has 2 N–H and O–H groups in total. The zero-order valence-electron chi connectivity index (χ0n) is 15.2. The SMILES string of the molecule is O=C(NCC1CC2CCC(C1)N2)Oc1cc(F)ccc1-c1ccc(F)c(Cl)c1. The van der Waals surface area contributed by atoms with E-state index in [1.165, 1.54) is 43.2 Å². The molecule has 1 amide bonds. The Morgan fingerprint density at radius 2 is 1.89 bits per heavy atom. The molecule has 2 aliphatic rings. The Kier molecular flexibility index (Phi) is 5.51. The van der Waals surface area contributed by atoms with Crippen LogP contribution in [0.4, 0.5) is 13.6 Å². The van der Waals surface area contributed by atoms with Crippen LogP contribution in [0.25, 0.3) is 11.1 Å². The lowest BCUT2D eigenvalue weighted by atomic mass is 9.92. The highest BCUT2D eigenvalue weighted by atomic mass is 35.5. The summed E-state index contributed by atoms with van der Waals surface area (Å²) in [5, 5.41) is 6.30. The van der Waals surface area contributed by atoms with Crippen molar-refractivity contribution in [3.05, 3.63) is 53.1 Å². The summed E-state index contributed by atoms with van der Waals surface area (Å²) in [7, 11) is 0. The number of benzene rings is 2. The molecule has 0 aromatic heterocycles. The molecule has 0 aliphatic carbocycles. The number of carbonyl (C=O) groups excluding carboxylic acids is 1. The van der Waals surface area contributed by atoms with Crippen molar-refractivity contribution in [2.24, 2.45) is 5.92 Å². The van der Waals surface area contributed by atoms with Crippen LogP contribution in [0.15, 0.2) is 36.4 Å². The van der Waals surface area contributed by atoms with E-state index in [2.05, 4.69) is 10.6 Å². The average molecular weight is 407 g/mol. The molecule has 4 rings (SSSR count). The third-order valence-electron chi connectivity index (χ3n) is 5.48. The predicted molar refractivity (Wildman–Crippen MR) is 104 cm³/mol. The minimum Gasteiger partial charge on any atom is -0.410 e. The summed E-state index contributed by atoms with van der Waals surface area (Å²) in [5.41, 5.74) is 0.988. The van der Waals surface area contributed by atoms with E-state index in [0.29, 0.717) is 35.7 Å². The van der Waals surface area contributed by atoms with Gasteiger partial charge in [-0.05, 0) is 61.4 Å². The fourth-order valence-corrected chi connectivity index (χ4v) is 4.37. The maximum Gasteiger partial charge on any atom is 0.412 e. The zero-order chi connectivity index (χ0) is 19.7.